The van der Waals surface area contributed by atoms with Crippen LogP contribution in [0.3, 0.4) is 0 Å². The molecule has 92 valence electrons. The molecule has 2 atom stereocenters. The molecule has 1 N–H and O–H groups in total. The molecule has 1 rings (SSSR count). The van der Waals surface area contributed by atoms with Crippen LogP contribution in [-0.2, 0) is 6.54 Å². The highest BCUT2D eigenvalue weighted by molar-refractivity contribution is 5.15. The molecule has 1 heterocycles. The van der Waals surface area contributed by atoms with Crippen molar-refractivity contribution in [1.29, 1.82) is 0 Å². The summed E-state index contributed by atoms with van der Waals surface area (Å²) in [7, 11) is 2.03. The van der Waals surface area contributed by atoms with Crippen molar-refractivity contribution in [3.05, 3.63) is 24.0 Å². The Labute approximate surface area is 100 Å². The Morgan fingerprint density at radius 3 is 2.69 bits per heavy atom. The highest BCUT2D eigenvalue weighted by atomic mass is 15.0. The summed E-state index contributed by atoms with van der Waals surface area (Å²) in [6.07, 6.45) is 8.24. The standard InChI is InChI=1S/C14H26N2/c1-5-7-12(3)10-16-9-8-13(11-16)14(6-2)15-4/h8-9,11-12,14-15H,5-7,10H2,1-4H3. The maximum atomic E-state index is 3.35. The van der Waals surface area contributed by atoms with Crippen LogP contribution in [0, 0.1) is 5.92 Å². The molecule has 0 saturated heterocycles. The van der Waals surface area contributed by atoms with Gasteiger partial charge < -0.3 is 9.88 Å². The molecule has 0 aliphatic rings. The van der Waals surface area contributed by atoms with E-state index in [0.29, 0.717) is 6.04 Å². The second-order valence-corrected chi connectivity index (χ2v) is 4.78. The lowest BCUT2D eigenvalue weighted by molar-refractivity contribution is 0.445. The van der Waals surface area contributed by atoms with Crippen molar-refractivity contribution >= 4 is 0 Å². The first-order valence-electron chi connectivity index (χ1n) is 6.54. The van der Waals surface area contributed by atoms with Gasteiger partial charge in [0.05, 0.1) is 0 Å². The number of rotatable bonds is 7. The zero-order valence-corrected chi connectivity index (χ0v) is 11.2. The van der Waals surface area contributed by atoms with Crippen molar-refractivity contribution < 1.29 is 0 Å². The molecule has 0 bridgehead atoms. The van der Waals surface area contributed by atoms with Gasteiger partial charge in [0.1, 0.15) is 0 Å². The van der Waals surface area contributed by atoms with Gasteiger partial charge in [0.25, 0.3) is 0 Å². The van der Waals surface area contributed by atoms with E-state index in [9.17, 15) is 0 Å². The molecule has 0 fully saturated rings. The number of hydrogen-bond donors (Lipinski definition) is 1. The van der Waals surface area contributed by atoms with Crippen LogP contribution in [0.4, 0.5) is 0 Å². The van der Waals surface area contributed by atoms with Crippen LogP contribution in [0.5, 0.6) is 0 Å². The number of aromatic nitrogens is 1. The maximum Gasteiger partial charge on any atom is 0.0329 e. The first kappa shape index (κ1) is 13.3. The van der Waals surface area contributed by atoms with Gasteiger partial charge in [-0.15, -0.1) is 0 Å². The summed E-state index contributed by atoms with van der Waals surface area (Å²) >= 11 is 0. The van der Waals surface area contributed by atoms with Gasteiger partial charge in [-0.1, -0.05) is 27.2 Å². The second kappa shape index (κ2) is 6.74. The summed E-state index contributed by atoms with van der Waals surface area (Å²) < 4.78 is 2.33. The number of nitrogens with zero attached hydrogens (tertiary/aromatic N) is 1. The molecule has 1 aromatic heterocycles. The first-order chi connectivity index (χ1) is 7.71. The number of hydrogen-bond acceptors (Lipinski definition) is 1. The van der Waals surface area contributed by atoms with Crippen molar-refractivity contribution in [2.24, 2.45) is 5.92 Å². The molecule has 0 amide bonds. The van der Waals surface area contributed by atoms with Gasteiger partial charge in [-0.3, -0.25) is 0 Å². The smallest absolute Gasteiger partial charge is 0.0329 e. The van der Waals surface area contributed by atoms with E-state index in [2.05, 4.69) is 49.1 Å². The van der Waals surface area contributed by atoms with Crippen molar-refractivity contribution in [3.8, 4) is 0 Å². The summed E-state index contributed by atoms with van der Waals surface area (Å²) in [5.74, 6) is 0.778. The molecule has 2 unspecified atom stereocenters. The molecule has 2 heteroatoms. The lowest BCUT2D eigenvalue weighted by atomic mass is 10.1. The summed E-state index contributed by atoms with van der Waals surface area (Å²) in [6.45, 7) is 7.95. The molecule has 2 nitrogen and oxygen atoms in total. The minimum absolute atomic E-state index is 0.503. The molecule has 16 heavy (non-hydrogen) atoms. The quantitative estimate of drug-likeness (QED) is 0.746. The van der Waals surface area contributed by atoms with Crippen LogP contribution in [0.2, 0.25) is 0 Å². The molecule has 0 saturated carbocycles. The zero-order chi connectivity index (χ0) is 12.0. The van der Waals surface area contributed by atoms with Crippen LogP contribution >= 0.6 is 0 Å². The Morgan fingerprint density at radius 1 is 1.38 bits per heavy atom. The highest BCUT2D eigenvalue weighted by Crippen LogP contribution is 2.17. The van der Waals surface area contributed by atoms with E-state index in [4.69, 9.17) is 0 Å². The predicted octanol–water partition coefficient (Wildman–Crippen LogP) is 3.59. The minimum atomic E-state index is 0.503. The topological polar surface area (TPSA) is 17.0 Å². The zero-order valence-electron chi connectivity index (χ0n) is 11.2. The molecular weight excluding hydrogens is 196 g/mol. The Hall–Kier alpha value is -0.760. The first-order valence-corrected chi connectivity index (χ1v) is 6.54. The highest BCUT2D eigenvalue weighted by Gasteiger charge is 2.08. The van der Waals surface area contributed by atoms with E-state index in [1.165, 1.54) is 18.4 Å². The molecule has 0 radical (unpaired) electrons. The molecule has 1 aromatic rings. The van der Waals surface area contributed by atoms with Crippen LogP contribution in [0.1, 0.15) is 51.6 Å². The Kier molecular flexibility index (Phi) is 5.61. The molecule has 0 spiro atoms. The monoisotopic (exact) mass is 222 g/mol. The third kappa shape index (κ3) is 3.67. The second-order valence-electron chi connectivity index (χ2n) is 4.78. The van der Waals surface area contributed by atoms with Gasteiger partial charge in [0, 0.05) is 25.0 Å². The van der Waals surface area contributed by atoms with E-state index < -0.39 is 0 Å². The van der Waals surface area contributed by atoms with E-state index in [0.717, 1.165) is 18.9 Å². The van der Waals surface area contributed by atoms with Crippen molar-refractivity contribution in [2.75, 3.05) is 7.05 Å². The van der Waals surface area contributed by atoms with E-state index >= 15 is 0 Å². The fraction of sp³-hybridized carbons (Fsp3) is 0.714. The average molecular weight is 222 g/mol. The Morgan fingerprint density at radius 2 is 2.12 bits per heavy atom. The van der Waals surface area contributed by atoms with Gasteiger partial charge in [0.15, 0.2) is 0 Å². The van der Waals surface area contributed by atoms with Crippen LogP contribution < -0.4 is 5.32 Å². The molecule has 0 aliphatic heterocycles. The van der Waals surface area contributed by atoms with Crippen molar-refractivity contribution in [2.45, 2.75) is 52.6 Å². The average Bonchev–Trinajstić information content (AvgIpc) is 2.68. The van der Waals surface area contributed by atoms with Crippen molar-refractivity contribution in [1.82, 2.24) is 9.88 Å². The lowest BCUT2D eigenvalue weighted by Crippen LogP contribution is -2.14. The third-order valence-electron chi connectivity index (χ3n) is 3.24. The Balaban J connectivity index is 2.57. The molecule has 0 aromatic carbocycles. The van der Waals surface area contributed by atoms with Gasteiger partial charge in [-0.05, 0) is 37.4 Å². The van der Waals surface area contributed by atoms with E-state index in [1.54, 1.807) is 0 Å². The van der Waals surface area contributed by atoms with Crippen LogP contribution in [-0.4, -0.2) is 11.6 Å². The van der Waals surface area contributed by atoms with Gasteiger partial charge in [-0.25, -0.2) is 0 Å². The molecular formula is C14H26N2. The normalized spacial score (nSPS) is 15.0. The minimum Gasteiger partial charge on any atom is -0.354 e. The van der Waals surface area contributed by atoms with Gasteiger partial charge in [-0.2, -0.15) is 0 Å². The summed E-state index contributed by atoms with van der Waals surface area (Å²) in [5, 5.41) is 3.35. The third-order valence-corrected chi connectivity index (χ3v) is 3.24. The Bertz CT molecular complexity index is 287. The fourth-order valence-electron chi connectivity index (χ4n) is 2.33. The largest absolute Gasteiger partial charge is 0.354 e. The SMILES string of the molecule is CCCC(C)Cn1ccc(C(CC)NC)c1. The fourth-order valence-corrected chi connectivity index (χ4v) is 2.33. The van der Waals surface area contributed by atoms with E-state index in [-0.39, 0.29) is 0 Å². The number of nitrogens with one attached hydrogen (secondary N) is 1. The van der Waals surface area contributed by atoms with Crippen LogP contribution in [0.25, 0.3) is 0 Å². The maximum absolute atomic E-state index is 3.35. The van der Waals surface area contributed by atoms with Gasteiger partial charge >= 0.3 is 0 Å². The summed E-state index contributed by atoms with van der Waals surface area (Å²) in [4.78, 5) is 0. The predicted molar refractivity (Wildman–Crippen MR) is 70.6 cm³/mol. The molecule has 0 aliphatic carbocycles. The van der Waals surface area contributed by atoms with Crippen LogP contribution in [0.15, 0.2) is 18.5 Å². The lowest BCUT2D eigenvalue weighted by Gasteiger charge is -2.13. The van der Waals surface area contributed by atoms with Crippen molar-refractivity contribution in [3.63, 3.8) is 0 Å². The van der Waals surface area contributed by atoms with E-state index in [1.807, 2.05) is 7.05 Å². The van der Waals surface area contributed by atoms with Gasteiger partial charge in [0.2, 0.25) is 0 Å². The summed E-state index contributed by atoms with van der Waals surface area (Å²) in [6, 6.07) is 2.74. The summed E-state index contributed by atoms with van der Waals surface area (Å²) in [5.41, 5.74) is 1.41.